The van der Waals surface area contributed by atoms with Crippen molar-refractivity contribution in [3.8, 4) is 0 Å². The van der Waals surface area contributed by atoms with Crippen LogP contribution < -0.4 is 16.0 Å². The fourth-order valence-electron chi connectivity index (χ4n) is 1.87. The third kappa shape index (κ3) is 9.07. The molecule has 0 atom stereocenters. The average molecular weight is 448 g/mol. The highest BCUT2D eigenvalue weighted by atomic mass is 127. The van der Waals surface area contributed by atoms with E-state index in [2.05, 4.69) is 20.9 Å². The van der Waals surface area contributed by atoms with Gasteiger partial charge in [-0.25, -0.2) is 0 Å². The summed E-state index contributed by atoms with van der Waals surface area (Å²) < 4.78 is 5.37. The number of benzene rings is 1. The number of ether oxygens (including phenoxy) is 1. The van der Waals surface area contributed by atoms with E-state index in [1.807, 2.05) is 38.1 Å². The minimum Gasteiger partial charge on any atom is -0.377 e. The summed E-state index contributed by atoms with van der Waals surface area (Å²) in [4.78, 5) is 15.2. The lowest BCUT2D eigenvalue weighted by Crippen LogP contribution is -2.45. The first-order valence-corrected chi connectivity index (χ1v) is 7.72. The van der Waals surface area contributed by atoms with Gasteiger partial charge < -0.3 is 20.7 Å². The Morgan fingerprint density at radius 3 is 2.33 bits per heavy atom. The van der Waals surface area contributed by atoms with E-state index < -0.39 is 0 Å². The predicted molar refractivity (Wildman–Crippen MR) is 110 cm³/mol. The number of anilines is 1. The standard InChI is InChI=1S/C17H28N4O2.HI/c1-13(22)21-15-8-6-14(7-9-15)10-11-19-16(18-4)20-12-17(2,3)23-5;/h6-9H,10-12H2,1-5H3,(H,21,22)(H2,18,19,20);1H. The van der Waals surface area contributed by atoms with Crippen LogP contribution in [0.5, 0.6) is 0 Å². The second kappa shape index (κ2) is 11.2. The van der Waals surface area contributed by atoms with Crippen molar-refractivity contribution in [1.29, 1.82) is 0 Å². The molecule has 0 aliphatic rings. The molecule has 0 aliphatic carbocycles. The number of methoxy groups -OCH3 is 1. The van der Waals surface area contributed by atoms with Crippen molar-refractivity contribution in [2.75, 3.05) is 32.6 Å². The number of carbonyl (C=O) groups excluding carboxylic acids is 1. The molecule has 0 radical (unpaired) electrons. The molecule has 6 nitrogen and oxygen atoms in total. The molecule has 0 saturated heterocycles. The van der Waals surface area contributed by atoms with E-state index in [1.54, 1.807) is 14.2 Å². The molecule has 0 heterocycles. The summed E-state index contributed by atoms with van der Waals surface area (Å²) in [5.74, 6) is 0.693. The number of nitrogens with one attached hydrogen (secondary N) is 3. The lowest BCUT2D eigenvalue weighted by Gasteiger charge is -2.24. The van der Waals surface area contributed by atoms with Gasteiger partial charge in [-0.05, 0) is 38.0 Å². The molecular formula is C17H29IN4O2. The van der Waals surface area contributed by atoms with E-state index in [0.717, 1.165) is 24.6 Å². The number of nitrogens with zero attached hydrogens (tertiary/aromatic N) is 1. The van der Waals surface area contributed by atoms with Gasteiger partial charge in [-0.3, -0.25) is 9.79 Å². The number of hydrogen-bond donors (Lipinski definition) is 3. The minimum absolute atomic E-state index is 0. The Morgan fingerprint density at radius 1 is 1.21 bits per heavy atom. The number of guanidine groups is 1. The monoisotopic (exact) mass is 448 g/mol. The van der Waals surface area contributed by atoms with Crippen LogP contribution in [0.25, 0.3) is 0 Å². The van der Waals surface area contributed by atoms with Crippen molar-refractivity contribution < 1.29 is 9.53 Å². The molecule has 0 aliphatic heterocycles. The van der Waals surface area contributed by atoms with E-state index in [9.17, 15) is 4.79 Å². The Kier molecular flexibility index (Phi) is 10.6. The smallest absolute Gasteiger partial charge is 0.221 e. The lowest BCUT2D eigenvalue weighted by atomic mass is 10.1. The summed E-state index contributed by atoms with van der Waals surface area (Å²) in [5.41, 5.74) is 1.77. The first-order chi connectivity index (χ1) is 10.9. The van der Waals surface area contributed by atoms with Gasteiger partial charge >= 0.3 is 0 Å². The van der Waals surface area contributed by atoms with Crippen LogP contribution in [0, 0.1) is 0 Å². The van der Waals surface area contributed by atoms with Gasteiger partial charge in [-0.15, -0.1) is 24.0 Å². The van der Waals surface area contributed by atoms with E-state index in [0.29, 0.717) is 6.54 Å². The van der Waals surface area contributed by atoms with Crippen molar-refractivity contribution in [2.24, 2.45) is 4.99 Å². The summed E-state index contributed by atoms with van der Waals surface area (Å²) in [7, 11) is 3.44. The highest BCUT2D eigenvalue weighted by Gasteiger charge is 2.16. The van der Waals surface area contributed by atoms with Crippen LogP contribution in [0.2, 0.25) is 0 Å². The maximum absolute atomic E-state index is 11.0. The Bertz CT molecular complexity index is 530. The summed E-state index contributed by atoms with van der Waals surface area (Å²) in [5, 5.41) is 9.28. The predicted octanol–water partition coefficient (Wildman–Crippen LogP) is 2.40. The van der Waals surface area contributed by atoms with Crippen molar-refractivity contribution in [2.45, 2.75) is 32.8 Å². The molecule has 1 aromatic carbocycles. The van der Waals surface area contributed by atoms with Gasteiger partial charge in [0.15, 0.2) is 5.96 Å². The van der Waals surface area contributed by atoms with Crippen LogP contribution in [0.15, 0.2) is 29.3 Å². The maximum Gasteiger partial charge on any atom is 0.221 e. The summed E-state index contributed by atoms with van der Waals surface area (Å²) in [6.45, 7) is 6.98. The molecule has 1 rings (SSSR count). The molecule has 0 saturated carbocycles. The number of hydrogen-bond acceptors (Lipinski definition) is 3. The average Bonchev–Trinajstić information content (AvgIpc) is 2.51. The highest BCUT2D eigenvalue weighted by molar-refractivity contribution is 14.0. The molecular weight excluding hydrogens is 419 g/mol. The van der Waals surface area contributed by atoms with Gasteiger partial charge in [0.25, 0.3) is 0 Å². The van der Waals surface area contributed by atoms with Crippen LogP contribution in [-0.2, 0) is 16.0 Å². The fraction of sp³-hybridized carbons (Fsp3) is 0.529. The quantitative estimate of drug-likeness (QED) is 0.340. The Morgan fingerprint density at radius 2 is 1.83 bits per heavy atom. The van der Waals surface area contributed by atoms with E-state index >= 15 is 0 Å². The SMILES string of the molecule is CN=C(NCCc1ccc(NC(C)=O)cc1)NCC(C)(C)OC.I. The normalized spacial score (nSPS) is 11.5. The van der Waals surface area contributed by atoms with Gasteiger partial charge in [-0.1, -0.05) is 12.1 Å². The Labute approximate surface area is 161 Å². The second-order valence-electron chi connectivity index (χ2n) is 5.94. The zero-order valence-corrected chi connectivity index (χ0v) is 17.4. The van der Waals surface area contributed by atoms with Crippen LogP contribution in [-0.4, -0.2) is 44.7 Å². The summed E-state index contributed by atoms with van der Waals surface area (Å²) in [6, 6.07) is 7.84. The molecule has 3 N–H and O–H groups in total. The van der Waals surface area contributed by atoms with E-state index in [1.165, 1.54) is 12.5 Å². The minimum atomic E-state index is -0.239. The van der Waals surface area contributed by atoms with Crippen molar-refractivity contribution in [3.05, 3.63) is 29.8 Å². The van der Waals surface area contributed by atoms with Gasteiger partial charge in [-0.2, -0.15) is 0 Å². The number of aliphatic imine (C=N–C) groups is 1. The molecule has 0 aromatic heterocycles. The molecule has 0 fully saturated rings. The molecule has 1 aromatic rings. The van der Waals surface area contributed by atoms with Crippen LogP contribution in [0.4, 0.5) is 5.69 Å². The molecule has 24 heavy (non-hydrogen) atoms. The fourth-order valence-corrected chi connectivity index (χ4v) is 1.87. The van der Waals surface area contributed by atoms with Gasteiger partial charge in [0.2, 0.25) is 5.91 Å². The maximum atomic E-state index is 11.0. The first-order valence-electron chi connectivity index (χ1n) is 7.72. The highest BCUT2D eigenvalue weighted by Crippen LogP contribution is 2.09. The van der Waals surface area contributed by atoms with E-state index in [-0.39, 0.29) is 35.5 Å². The zero-order valence-electron chi connectivity index (χ0n) is 15.1. The van der Waals surface area contributed by atoms with Gasteiger partial charge in [0, 0.05) is 39.9 Å². The molecule has 7 heteroatoms. The summed E-state index contributed by atoms with van der Waals surface area (Å²) >= 11 is 0. The second-order valence-corrected chi connectivity index (χ2v) is 5.94. The third-order valence-corrected chi connectivity index (χ3v) is 3.44. The lowest BCUT2D eigenvalue weighted by molar-refractivity contribution is -0.114. The first kappa shape index (κ1) is 22.6. The number of carbonyl (C=O) groups is 1. The van der Waals surface area contributed by atoms with Crippen LogP contribution >= 0.6 is 24.0 Å². The van der Waals surface area contributed by atoms with Gasteiger partial charge in [0.1, 0.15) is 0 Å². The topological polar surface area (TPSA) is 74.8 Å². The van der Waals surface area contributed by atoms with E-state index in [4.69, 9.17) is 4.74 Å². The van der Waals surface area contributed by atoms with Gasteiger partial charge in [0.05, 0.1) is 5.60 Å². The molecule has 136 valence electrons. The van der Waals surface area contributed by atoms with Crippen LogP contribution in [0.3, 0.4) is 0 Å². The zero-order chi connectivity index (χ0) is 17.3. The molecule has 0 spiro atoms. The molecule has 0 unspecified atom stereocenters. The molecule has 1 amide bonds. The van der Waals surface area contributed by atoms with Crippen molar-refractivity contribution in [3.63, 3.8) is 0 Å². The Balaban J connectivity index is 0.00000529. The Hall–Kier alpha value is -1.35. The van der Waals surface area contributed by atoms with Crippen molar-refractivity contribution >= 4 is 41.5 Å². The summed E-state index contributed by atoms with van der Waals surface area (Å²) in [6.07, 6.45) is 0.870. The number of amides is 1. The number of rotatable bonds is 7. The third-order valence-electron chi connectivity index (χ3n) is 3.44. The van der Waals surface area contributed by atoms with Crippen LogP contribution in [0.1, 0.15) is 26.3 Å². The number of halogens is 1. The molecule has 0 bridgehead atoms. The largest absolute Gasteiger partial charge is 0.377 e. The van der Waals surface area contributed by atoms with Crippen molar-refractivity contribution in [1.82, 2.24) is 10.6 Å².